The Balaban J connectivity index is 0.000000655. The molecule has 1 saturated heterocycles. The predicted octanol–water partition coefficient (Wildman–Crippen LogP) is 8.44. The average Bonchev–Trinajstić information content (AvgIpc) is 3.35. The van der Waals surface area contributed by atoms with Crippen LogP contribution < -0.4 is 9.47 Å². The molecule has 2 heterocycles. The SMILES string of the molecule is CC.CC.CC.Cc1cc(CN(C=O)CC(C)C)cc2c1OCCCO2.Cc1ccc(CN2CCCC2)cc1. The lowest BCUT2D eigenvalue weighted by atomic mass is 10.1. The number of nitrogens with zero attached hydrogens (tertiary/aromatic N) is 2. The fourth-order valence-electron chi connectivity index (χ4n) is 4.35. The van der Waals surface area contributed by atoms with Gasteiger partial charge in [-0.15, -0.1) is 0 Å². The van der Waals surface area contributed by atoms with E-state index in [-0.39, 0.29) is 0 Å². The minimum absolute atomic E-state index is 0.460. The van der Waals surface area contributed by atoms with E-state index in [1.807, 2.05) is 54.5 Å². The molecule has 0 bridgehead atoms. The maximum Gasteiger partial charge on any atom is 0.210 e. The standard InChI is InChI=1S/C16H23NO3.C12H17N.3C2H6/c1-12(2)9-17(11-18)10-14-7-13(3)16-15(8-14)19-5-4-6-20-16;1-11-4-6-12(7-5-11)10-13-8-2-3-9-13;3*1-2/h7-8,11-12H,4-6,9-10H2,1-3H3;4-7H,2-3,8-10H2,1H3;3*1-2H3. The molecular weight excluding hydrogens is 484 g/mol. The third kappa shape index (κ3) is 14.4. The molecule has 2 aliphatic rings. The summed E-state index contributed by atoms with van der Waals surface area (Å²) in [5.41, 5.74) is 4.95. The molecule has 5 nitrogen and oxygen atoms in total. The van der Waals surface area contributed by atoms with Crippen molar-refractivity contribution < 1.29 is 14.3 Å². The summed E-state index contributed by atoms with van der Waals surface area (Å²) < 4.78 is 11.5. The van der Waals surface area contributed by atoms with Gasteiger partial charge in [-0.2, -0.15) is 0 Å². The van der Waals surface area contributed by atoms with Gasteiger partial charge in [-0.1, -0.05) is 91.3 Å². The first kappa shape index (κ1) is 36.5. The molecular formula is C34H58N2O3. The quantitative estimate of drug-likeness (QED) is 0.329. The van der Waals surface area contributed by atoms with Crippen molar-refractivity contribution in [2.24, 2.45) is 5.92 Å². The number of likely N-dealkylation sites (tertiary alicyclic amines) is 1. The van der Waals surface area contributed by atoms with E-state index in [1.165, 1.54) is 37.1 Å². The molecule has 0 N–H and O–H groups in total. The molecule has 0 atom stereocenters. The van der Waals surface area contributed by atoms with Gasteiger partial charge in [0.25, 0.3) is 0 Å². The van der Waals surface area contributed by atoms with Crippen LogP contribution in [-0.2, 0) is 17.9 Å². The monoisotopic (exact) mass is 542 g/mol. The van der Waals surface area contributed by atoms with E-state index in [9.17, 15) is 4.79 Å². The maximum atomic E-state index is 11.1. The number of carbonyl (C=O) groups excluding carboxylic acids is 1. The second-order valence-electron chi connectivity index (χ2n) is 9.69. The topological polar surface area (TPSA) is 42.0 Å². The lowest BCUT2D eigenvalue weighted by Crippen LogP contribution is -2.25. The molecule has 5 heteroatoms. The van der Waals surface area contributed by atoms with Crippen LogP contribution in [0.25, 0.3) is 0 Å². The minimum Gasteiger partial charge on any atom is -0.490 e. The third-order valence-corrected chi connectivity index (χ3v) is 5.95. The van der Waals surface area contributed by atoms with Gasteiger partial charge in [0, 0.05) is 26.1 Å². The Morgan fingerprint density at radius 3 is 2.00 bits per heavy atom. The Morgan fingerprint density at radius 2 is 1.44 bits per heavy atom. The number of carbonyl (C=O) groups is 1. The zero-order valence-electron chi connectivity index (χ0n) is 26.8. The number of aryl methyl sites for hydroxylation is 2. The fraction of sp³-hybridized carbons (Fsp3) is 0.618. The molecule has 0 unspecified atom stereocenters. The number of fused-ring (bicyclic) bond motifs is 1. The molecule has 2 aliphatic heterocycles. The van der Waals surface area contributed by atoms with Gasteiger partial charge in [0.1, 0.15) is 0 Å². The highest BCUT2D eigenvalue weighted by Crippen LogP contribution is 2.34. The van der Waals surface area contributed by atoms with Crippen molar-refractivity contribution in [1.29, 1.82) is 0 Å². The van der Waals surface area contributed by atoms with Gasteiger partial charge in [-0.25, -0.2) is 0 Å². The Hall–Kier alpha value is -2.53. The van der Waals surface area contributed by atoms with Gasteiger partial charge >= 0.3 is 0 Å². The van der Waals surface area contributed by atoms with Gasteiger partial charge < -0.3 is 14.4 Å². The second kappa shape index (κ2) is 22.3. The summed E-state index contributed by atoms with van der Waals surface area (Å²) in [6, 6.07) is 13.0. The number of hydrogen-bond acceptors (Lipinski definition) is 4. The fourth-order valence-corrected chi connectivity index (χ4v) is 4.35. The smallest absolute Gasteiger partial charge is 0.210 e. The molecule has 2 aromatic carbocycles. The van der Waals surface area contributed by atoms with Crippen LogP contribution in [0, 0.1) is 19.8 Å². The van der Waals surface area contributed by atoms with Crippen molar-refractivity contribution in [3.8, 4) is 11.5 Å². The van der Waals surface area contributed by atoms with E-state index in [4.69, 9.17) is 9.47 Å². The van der Waals surface area contributed by atoms with Crippen molar-refractivity contribution >= 4 is 6.41 Å². The molecule has 39 heavy (non-hydrogen) atoms. The van der Waals surface area contributed by atoms with Crippen LogP contribution >= 0.6 is 0 Å². The predicted molar refractivity (Wildman–Crippen MR) is 168 cm³/mol. The van der Waals surface area contributed by atoms with Gasteiger partial charge in [-0.05, 0) is 68.5 Å². The van der Waals surface area contributed by atoms with Crippen LogP contribution in [-0.4, -0.2) is 49.1 Å². The first-order valence-corrected chi connectivity index (χ1v) is 15.3. The zero-order valence-corrected chi connectivity index (χ0v) is 26.8. The molecule has 1 amide bonds. The number of benzene rings is 2. The number of hydrogen-bond donors (Lipinski definition) is 0. The van der Waals surface area contributed by atoms with E-state index >= 15 is 0 Å². The first-order valence-electron chi connectivity index (χ1n) is 15.3. The lowest BCUT2D eigenvalue weighted by molar-refractivity contribution is -0.119. The maximum absolute atomic E-state index is 11.1. The summed E-state index contributed by atoms with van der Waals surface area (Å²) in [5.74, 6) is 2.10. The Kier molecular flexibility index (Phi) is 20.9. The van der Waals surface area contributed by atoms with Crippen molar-refractivity contribution in [2.75, 3.05) is 32.8 Å². The molecule has 1 fully saturated rings. The van der Waals surface area contributed by atoms with Crippen molar-refractivity contribution in [3.05, 3.63) is 58.7 Å². The molecule has 222 valence electrons. The molecule has 2 aromatic rings. The van der Waals surface area contributed by atoms with E-state index in [2.05, 4.69) is 56.0 Å². The van der Waals surface area contributed by atoms with Gasteiger partial charge in [0.05, 0.1) is 13.2 Å². The Labute approximate surface area is 240 Å². The van der Waals surface area contributed by atoms with Gasteiger partial charge in [-0.3, -0.25) is 9.69 Å². The Bertz CT molecular complexity index is 875. The average molecular weight is 543 g/mol. The summed E-state index contributed by atoms with van der Waals surface area (Å²) in [6.45, 7) is 26.8. The molecule has 0 saturated carbocycles. The number of rotatable bonds is 7. The summed E-state index contributed by atoms with van der Waals surface area (Å²) >= 11 is 0. The summed E-state index contributed by atoms with van der Waals surface area (Å²) in [6.07, 6.45) is 4.58. The first-order chi connectivity index (χ1) is 18.9. The molecule has 0 spiro atoms. The number of amides is 1. The van der Waals surface area contributed by atoms with Crippen LogP contribution in [0.3, 0.4) is 0 Å². The molecule has 0 aromatic heterocycles. The molecule has 0 radical (unpaired) electrons. The lowest BCUT2D eigenvalue weighted by Gasteiger charge is -2.21. The van der Waals surface area contributed by atoms with Crippen LogP contribution in [0.5, 0.6) is 11.5 Å². The van der Waals surface area contributed by atoms with Crippen LogP contribution in [0.1, 0.15) is 96.9 Å². The molecule has 4 rings (SSSR count). The van der Waals surface area contributed by atoms with Crippen LogP contribution in [0.4, 0.5) is 0 Å². The zero-order chi connectivity index (χ0) is 29.6. The third-order valence-electron chi connectivity index (χ3n) is 5.95. The van der Waals surface area contributed by atoms with E-state index in [0.29, 0.717) is 25.7 Å². The van der Waals surface area contributed by atoms with E-state index < -0.39 is 0 Å². The summed E-state index contributed by atoms with van der Waals surface area (Å²) in [7, 11) is 0. The molecule has 0 aliphatic carbocycles. The largest absolute Gasteiger partial charge is 0.490 e. The van der Waals surface area contributed by atoms with Crippen molar-refractivity contribution in [3.63, 3.8) is 0 Å². The van der Waals surface area contributed by atoms with E-state index in [0.717, 1.165) is 48.5 Å². The minimum atomic E-state index is 0.460. The number of ether oxygens (including phenoxy) is 2. The normalized spacial score (nSPS) is 13.6. The van der Waals surface area contributed by atoms with Gasteiger partial charge in [0.2, 0.25) is 6.41 Å². The van der Waals surface area contributed by atoms with Crippen LogP contribution in [0.15, 0.2) is 36.4 Å². The summed E-state index contributed by atoms with van der Waals surface area (Å²) in [5, 5.41) is 0. The summed E-state index contributed by atoms with van der Waals surface area (Å²) in [4.78, 5) is 15.5. The highest BCUT2D eigenvalue weighted by atomic mass is 16.5. The second-order valence-corrected chi connectivity index (χ2v) is 9.69. The highest BCUT2D eigenvalue weighted by molar-refractivity contribution is 5.51. The Morgan fingerprint density at radius 1 is 0.846 bits per heavy atom. The van der Waals surface area contributed by atoms with Crippen LogP contribution in [0.2, 0.25) is 0 Å². The van der Waals surface area contributed by atoms with Crippen molar-refractivity contribution in [1.82, 2.24) is 9.80 Å². The van der Waals surface area contributed by atoms with Crippen molar-refractivity contribution in [2.45, 2.75) is 102 Å². The van der Waals surface area contributed by atoms with E-state index in [1.54, 1.807) is 4.90 Å². The highest BCUT2D eigenvalue weighted by Gasteiger charge is 2.16. The van der Waals surface area contributed by atoms with Gasteiger partial charge in [0.15, 0.2) is 11.5 Å².